The summed E-state index contributed by atoms with van der Waals surface area (Å²) in [7, 11) is 3.07. The van der Waals surface area contributed by atoms with Crippen molar-refractivity contribution in [3.05, 3.63) is 77.9 Å². The largest absolute Gasteiger partial charge is 0.495 e. The van der Waals surface area contributed by atoms with Gasteiger partial charge in [0.1, 0.15) is 5.75 Å². The van der Waals surface area contributed by atoms with E-state index in [1.165, 1.54) is 23.9 Å². The first kappa shape index (κ1) is 21.6. The summed E-state index contributed by atoms with van der Waals surface area (Å²) in [6.07, 6.45) is 0. The number of hydrogen-bond donors (Lipinski definition) is 2. The lowest BCUT2D eigenvalue weighted by Crippen LogP contribution is -2.05. The standard InChI is InChI=1S/C23H21N5O5/c1-31-19-11-9-16(22(29)30)13-18(19)24-14-15-8-10-20(21(12-15)32-2)33-23-25-26-27-28(23)17-6-4-3-5-7-17/h3-13,24H,14H2,1-2H3,(H,29,30). The first-order valence-electron chi connectivity index (χ1n) is 9.93. The van der Waals surface area contributed by atoms with Gasteiger partial charge >= 0.3 is 12.0 Å². The van der Waals surface area contributed by atoms with Crippen LogP contribution in [0.3, 0.4) is 0 Å². The molecular weight excluding hydrogens is 426 g/mol. The molecule has 0 saturated heterocycles. The molecule has 0 fully saturated rings. The number of para-hydroxylation sites is 1. The summed E-state index contributed by atoms with van der Waals surface area (Å²) in [6.45, 7) is 0.401. The van der Waals surface area contributed by atoms with Crippen LogP contribution in [-0.2, 0) is 6.54 Å². The van der Waals surface area contributed by atoms with Gasteiger partial charge in [-0.1, -0.05) is 29.4 Å². The molecule has 0 aliphatic carbocycles. The van der Waals surface area contributed by atoms with Crippen molar-refractivity contribution in [1.82, 2.24) is 20.2 Å². The van der Waals surface area contributed by atoms with Gasteiger partial charge in [-0.05, 0) is 58.5 Å². The second-order valence-corrected chi connectivity index (χ2v) is 6.87. The highest BCUT2D eigenvalue weighted by atomic mass is 16.5. The van der Waals surface area contributed by atoms with Crippen molar-refractivity contribution in [2.75, 3.05) is 19.5 Å². The molecule has 0 amide bonds. The zero-order chi connectivity index (χ0) is 23.2. The predicted octanol–water partition coefficient (Wildman–Crippen LogP) is 3.78. The van der Waals surface area contributed by atoms with Crippen molar-refractivity contribution in [3.8, 4) is 28.9 Å². The maximum atomic E-state index is 11.3. The fourth-order valence-electron chi connectivity index (χ4n) is 3.15. The van der Waals surface area contributed by atoms with E-state index in [9.17, 15) is 9.90 Å². The molecule has 33 heavy (non-hydrogen) atoms. The van der Waals surface area contributed by atoms with Gasteiger partial charge in [0, 0.05) is 6.54 Å². The van der Waals surface area contributed by atoms with Crippen LogP contribution >= 0.6 is 0 Å². The van der Waals surface area contributed by atoms with Crippen LogP contribution < -0.4 is 19.5 Å². The van der Waals surface area contributed by atoms with E-state index >= 15 is 0 Å². The molecule has 0 atom stereocenters. The summed E-state index contributed by atoms with van der Waals surface area (Å²) < 4.78 is 18.2. The summed E-state index contributed by atoms with van der Waals surface area (Å²) in [5.74, 6) is 0.461. The number of aromatic nitrogens is 4. The fraction of sp³-hybridized carbons (Fsp3) is 0.130. The summed E-state index contributed by atoms with van der Waals surface area (Å²) in [4.78, 5) is 11.3. The minimum atomic E-state index is -1.01. The van der Waals surface area contributed by atoms with Crippen LogP contribution in [0, 0.1) is 0 Å². The van der Waals surface area contributed by atoms with E-state index < -0.39 is 5.97 Å². The number of aromatic carboxylic acids is 1. The van der Waals surface area contributed by atoms with E-state index in [1.54, 1.807) is 19.2 Å². The topological polar surface area (TPSA) is 121 Å². The summed E-state index contributed by atoms with van der Waals surface area (Å²) in [5, 5.41) is 24.1. The molecule has 4 aromatic rings. The van der Waals surface area contributed by atoms with Crippen molar-refractivity contribution in [3.63, 3.8) is 0 Å². The molecule has 0 spiro atoms. The van der Waals surface area contributed by atoms with E-state index in [2.05, 4.69) is 20.8 Å². The molecule has 0 aliphatic rings. The Morgan fingerprint density at radius 3 is 2.45 bits per heavy atom. The van der Waals surface area contributed by atoms with Crippen LogP contribution in [-0.4, -0.2) is 45.5 Å². The zero-order valence-electron chi connectivity index (χ0n) is 17.9. The number of carbonyl (C=O) groups is 1. The second kappa shape index (κ2) is 9.69. The normalized spacial score (nSPS) is 10.5. The number of ether oxygens (including phenoxy) is 3. The molecule has 0 unspecified atom stereocenters. The summed E-state index contributed by atoms with van der Waals surface area (Å²) in [6, 6.07) is 19.6. The Kier molecular flexibility index (Phi) is 6.35. The van der Waals surface area contributed by atoms with Crippen molar-refractivity contribution in [2.45, 2.75) is 6.54 Å². The average Bonchev–Trinajstić information content (AvgIpc) is 3.31. The minimum absolute atomic E-state index is 0.163. The lowest BCUT2D eigenvalue weighted by molar-refractivity contribution is 0.0697. The molecule has 4 rings (SSSR count). The molecule has 2 N–H and O–H groups in total. The van der Waals surface area contributed by atoms with Gasteiger partial charge in [0.05, 0.1) is 31.2 Å². The van der Waals surface area contributed by atoms with E-state index in [4.69, 9.17) is 14.2 Å². The third-order valence-electron chi connectivity index (χ3n) is 4.80. The third-order valence-corrected chi connectivity index (χ3v) is 4.80. The van der Waals surface area contributed by atoms with Crippen LogP contribution in [0.4, 0.5) is 5.69 Å². The third kappa shape index (κ3) is 4.85. The minimum Gasteiger partial charge on any atom is -0.495 e. The van der Waals surface area contributed by atoms with Gasteiger partial charge in [0.25, 0.3) is 0 Å². The molecule has 0 bridgehead atoms. The molecule has 1 heterocycles. The molecule has 1 aromatic heterocycles. The highest BCUT2D eigenvalue weighted by molar-refractivity contribution is 5.89. The number of anilines is 1. The lowest BCUT2D eigenvalue weighted by Gasteiger charge is -2.14. The lowest BCUT2D eigenvalue weighted by atomic mass is 10.1. The van der Waals surface area contributed by atoms with Crippen LogP contribution in [0.2, 0.25) is 0 Å². The number of carboxylic acid groups (broad SMARTS) is 1. The number of benzene rings is 3. The Balaban J connectivity index is 1.53. The molecule has 0 radical (unpaired) electrons. The first-order chi connectivity index (χ1) is 16.1. The zero-order valence-corrected chi connectivity index (χ0v) is 17.9. The maximum absolute atomic E-state index is 11.3. The van der Waals surface area contributed by atoms with Crippen LogP contribution in [0.1, 0.15) is 15.9 Å². The van der Waals surface area contributed by atoms with Crippen molar-refractivity contribution < 1.29 is 24.1 Å². The van der Waals surface area contributed by atoms with Crippen LogP contribution in [0.25, 0.3) is 5.69 Å². The second-order valence-electron chi connectivity index (χ2n) is 6.87. The van der Waals surface area contributed by atoms with Gasteiger partial charge in [0.2, 0.25) is 0 Å². The van der Waals surface area contributed by atoms with Gasteiger partial charge < -0.3 is 24.6 Å². The number of nitrogens with one attached hydrogen (secondary N) is 1. The van der Waals surface area contributed by atoms with Crippen LogP contribution in [0.5, 0.6) is 23.3 Å². The average molecular weight is 447 g/mol. The molecule has 0 aliphatic heterocycles. The number of nitrogens with zero attached hydrogens (tertiary/aromatic N) is 4. The smallest absolute Gasteiger partial charge is 0.346 e. The monoisotopic (exact) mass is 447 g/mol. The molecule has 3 aromatic carbocycles. The Labute approximate surface area is 189 Å². The van der Waals surface area contributed by atoms with Crippen molar-refractivity contribution in [1.29, 1.82) is 0 Å². The van der Waals surface area contributed by atoms with Crippen molar-refractivity contribution >= 4 is 11.7 Å². The quantitative estimate of drug-likeness (QED) is 0.395. The highest BCUT2D eigenvalue weighted by Crippen LogP contribution is 2.33. The highest BCUT2D eigenvalue weighted by Gasteiger charge is 2.15. The van der Waals surface area contributed by atoms with E-state index in [-0.39, 0.29) is 11.6 Å². The van der Waals surface area contributed by atoms with E-state index in [1.807, 2.05) is 42.5 Å². The molecule has 10 nitrogen and oxygen atoms in total. The van der Waals surface area contributed by atoms with Gasteiger partial charge in [-0.15, -0.1) is 0 Å². The van der Waals surface area contributed by atoms with Crippen molar-refractivity contribution in [2.24, 2.45) is 0 Å². The fourth-order valence-corrected chi connectivity index (χ4v) is 3.15. The number of tetrazole rings is 1. The van der Waals surface area contributed by atoms with Gasteiger partial charge in [-0.25, -0.2) is 4.79 Å². The van der Waals surface area contributed by atoms with Gasteiger partial charge in [-0.2, -0.15) is 4.68 Å². The Hall–Kier alpha value is -4.60. The Bertz CT molecular complexity index is 1260. The molecular formula is C23H21N5O5. The molecule has 168 valence electrons. The number of rotatable bonds is 9. The molecule has 0 saturated carbocycles. The number of hydrogen-bond acceptors (Lipinski definition) is 8. The maximum Gasteiger partial charge on any atom is 0.346 e. The summed E-state index contributed by atoms with van der Waals surface area (Å²) in [5.41, 5.74) is 2.37. The van der Waals surface area contributed by atoms with E-state index in [0.717, 1.165) is 11.3 Å². The number of methoxy groups -OCH3 is 2. The SMILES string of the molecule is COc1ccc(C(=O)O)cc1NCc1ccc(Oc2nnnn2-c2ccccc2)c(OC)c1. The summed E-state index contributed by atoms with van der Waals surface area (Å²) >= 11 is 0. The van der Waals surface area contributed by atoms with E-state index in [0.29, 0.717) is 29.5 Å². The number of carboxylic acids is 1. The van der Waals surface area contributed by atoms with Gasteiger partial charge in [-0.3, -0.25) is 0 Å². The molecule has 10 heteroatoms. The van der Waals surface area contributed by atoms with Crippen LogP contribution in [0.15, 0.2) is 66.7 Å². The Morgan fingerprint density at radius 1 is 0.970 bits per heavy atom. The van der Waals surface area contributed by atoms with Gasteiger partial charge in [0.15, 0.2) is 11.5 Å². The first-order valence-corrected chi connectivity index (χ1v) is 9.93. The predicted molar refractivity (Wildman–Crippen MR) is 120 cm³/mol. The Morgan fingerprint density at radius 2 is 1.73 bits per heavy atom.